The number of halogens is 1. The molecule has 1 aromatic carbocycles. The summed E-state index contributed by atoms with van der Waals surface area (Å²) in [6.45, 7) is 3.57. The molecule has 8 nitrogen and oxygen atoms in total. The average Bonchev–Trinajstić information content (AvgIpc) is 3.21. The highest BCUT2D eigenvalue weighted by Crippen LogP contribution is 2.47. The van der Waals surface area contributed by atoms with Crippen LogP contribution in [0.15, 0.2) is 28.7 Å². The number of carbonyl (C=O) groups is 2. The van der Waals surface area contributed by atoms with Gasteiger partial charge in [-0.25, -0.2) is 0 Å². The minimum Gasteiger partial charge on any atom is -0.468 e. The number of nitrogens with zero attached hydrogens (tertiary/aromatic N) is 3. The maximum Gasteiger partial charge on any atom is 0.326 e. The molecule has 3 rings (SSSR count). The van der Waals surface area contributed by atoms with Crippen LogP contribution in [0.3, 0.4) is 0 Å². The van der Waals surface area contributed by atoms with Crippen LogP contribution in [0.1, 0.15) is 36.7 Å². The fourth-order valence-corrected chi connectivity index (χ4v) is 4.03. The molecule has 1 fully saturated rings. The van der Waals surface area contributed by atoms with Gasteiger partial charge in [0, 0.05) is 18.0 Å². The Bertz CT molecular complexity index is 886. The predicted molar refractivity (Wildman–Crippen MR) is 101 cm³/mol. The van der Waals surface area contributed by atoms with Crippen molar-refractivity contribution >= 4 is 23.5 Å². The third-order valence-electron chi connectivity index (χ3n) is 5.36. The number of aromatic nitrogens is 2. The number of benzene rings is 1. The number of methoxy groups -OCH3 is 1. The molecule has 1 aliphatic rings. The molecule has 0 radical (unpaired) electrons. The van der Waals surface area contributed by atoms with Crippen molar-refractivity contribution in [3.05, 3.63) is 46.6 Å². The average molecular weight is 407 g/mol. The monoisotopic (exact) mass is 406 g/mol. The number of rotatable bonds is 5. The molecular formula is C19H23ClN4O4. The molecule has 0 saturated carbocycles. The fourth-order valence-electron chi connectivity index (χ4n) is 3.79. The van der Waals surface area contributed by atoms with E-state index in [0.717, 1.165) is 5.56 Å². The van der Waals surface area contributed by atoms with Gasteiger partial charge in [-0.2, -0.15) is 0 Å². The molecule has 28 heavy (non-hydrogen) atoms. The molecular weight excluding hydrogens is 384 g/mol. The van der Waals surface area contributed by atoms with Crippen LogP contribution >= 0.6 is 11.6 Å². The summed E-state index contributed by atoms with van der Waals surface area (Å²) in [6, 6.07) is 6.94. The highest BCUT2D eigenvalue weighted by atomic mass is 35.5. The summed E-state index contributed by atoms with van der Waals surface area (Å²) in [6.07, 6.45) is 0.292. The van der Waals surface area contributed by atoms with Gasteiger partial charge in [0.15, 0.2) is 0 Å². The first kappa shape index (κ1) is 20.3. The lowest BCUT2D eigenvalue weighted by atomic mass is 9.89. The first-order valence-electron chi connectivity index (χ1n) is 8.90. The zero-order valence-electron chi connectivity index (χ0n) is 16.2. The molecule has 0 bridgehead atoms. The Hall–Kier alpha value is -2.45. The van der Waals surface area contributed by atoms with Crippen molar-refractivity contribution in [1.82, 2.24) is 20.4 Å². The maximum absolute atomic E-state index is 13.0. The van der Waals surface area contributed by atoms with Crippen LogP contribution in [-0.4, -0.2) is 46.7 Å². The topological polar surface area (TPSA) is 97.6 Å². The van der Waals surface area contributed by atoms with E-state index >= 15 is 0 Å². The van der Waals surface area contributed by atoms with E-state index in [1.807, 2.05) is 23.1 Å². The normalized spacial score (nSPS) is 24.9. The number of amides is 1. The Morgan fingerprint density at radius 3 is 2.71 bits per heavy atom. The summed E-state index contributed by atoms with van der Waals surface area (Å²) in [5, 5.41) is 11.0. The highest BCUT2D eigenvalue weighted by molar-refractivity contribution is 6.31. The van der Waals surface area contributed by atoms with Crippen LogP contribution in [0.4, 0.5) is 0 Å². The third kappa shape index (κ3) is 3.62. The van der Waals surface area contributed by atoms with Gasteiger partial charge in [0.1, 0.15) is 5.54 Å². The lowest BCUT2D eigenvalue weighted by Gasteiger charge is -2.33. The van der Waals surface area contributed by atoms with Gasteiger partial charge in [-0.05, 0) is 32.0 Å². The number of hydrogen-bond acceptors (Lipinski definition) is 7. The van der Waals surface area contributed by atoms with E-state index in [0.29, 0.717) is 23.2 Å². The number of carbonyl (C=O) groups excluding carboxylic acids is 2. The van der Waals surface area contributed by atoms with E-state index in [1.54, 1.807) is 27.0 Å². The molecule has 1 N–H and O–H groups in total. The number of nitrogens with one attached hydrogen (secondary N) is 1. The van der Waals surface area contributed by atoms with Crippen molar-refractivity contribution in [3.63, 3.8) is 0 Å². The molecule has 9 heteroatoms. The second-order valence-corrected chi connectivity index (χ2v) is 7.49. The number of likely N-dealkylation sites (N-methyl/N-ethyl adjacent to an activating group) is 1. The Morgan fingerprint density at radius 2 is 2.11 bits per heavy atom. The third-order valence-corrected chi connectivity index (χ3v) is 5.71. The highest BCUT2D eigenvalue weighted by Gasteiger charge is 2.55. The SMILES string of the molecule is COC(=O)[C@@]1(C)C[C@@H](C(=O)NCc2nnc(C)o2)[C@@H](c2ccccc2Cl)N1C. The molecule has 150 valence electrons. The van der Waals surface area contributed by atoms with E-state index < -0.39 is 17.4 Å². The Balaban J connectivity index is 1.90. The van der Waals surface area contributed by atoms with E-state index in [4.69, 9.17) is 20.8 Å². The summed E-state index contributed by atoms with van der Waals surface area (Å²) in [4.78, 5) is 27.4. The predicted octanol–water partition coefficient (Wildman–Crippen LogP) is 2.27. The largest absolute Gasteiger partial charge is 0.468 e. The van der Waals surface area contributed by atoms with E-state index in [2.05, 4.69) is 15.5 Å². The van der Waals surface area contributed by atoms with Gasteiger partial charge < -0.3 is 14.5 Å². The summed E-state index contributed by atoms with van der Waals surface area (Å²) in [7, 11) is 3.15. The zero-order chi connectivity index (χ0) is 20.5. The second-order valence-electron chi connectivity index (χ2n) is 7.09. The smallest absolute Gasteiger partial charge is 0.326 e. The number of likely N-dealkylation sites (tertiary alicyclic amines) is 1. The van der Waals surface area contributed by atoms with Crippen LogP contribution in [-0.2, 0) is 20.9 Å². The first-order valence-corrected chi connectivity index (χ1v) is 9.28. The minimum absolute atomic E-state index is 0.115. The van der Waals surface area contributed by atoms with E-state index in [-0.39, 0.29) is 18.5 Å². The first-order chi connectivity index (χ1) is 13.3. The van der Waals surface area contributed by atoms with E-state index in [9.17, 15) is 9.59 Å². The summed E-state index contributed by atoms with van der Waals surface area (Å²) in [5.41, 5.74) is -0.171. The Morgan fingerprint density at radius 1 is 1.39 bits per heavy atom. The van der Waals surface area contributed by atoms with Gasteiger partial charge in [-0.1, -0.05) is 29.8 Å². The van der Waals surface area contributed by atoms with Gasteiger partial charge in [-0.3, -0.25) is 14.5 Å². The van der Waals surface area contributed by atoms with Crippen LogP contribution in [0.2, 0.25) is 5.02 Å². The summed E-state index contributed by atoms with van der Waals surface area (Å²) in [5.74, 6) is -0.382. The lowest BCUT2D eigenvalue weighted by Crippen LogP contribution is -2.47. The van der Waals surface area contributed by atoms with Crippen molar-refractivity contribution < 1.29 is 18.7 Å². The van der Waals surface area contributed by atoms with Gasteiger partial charge in [-0.15, -0.1) is 10.2 Å². The zero-order valence-corrected chi connectivity index (χ0v) is 17.0. The van der Waals surface area contributed by atoms with Crippen molar-refractivity contribution in [1.29, 1.82) is 0 Å². The van der Waals surface area contributed by atoms with Crippen molar-refractivity contribution in [2.75, 3.05) is 14.2 Å². The summed E-state index contributed by atoms with van der Waals surface area (Å²) >= 11 is 6.41. The van der Waals surface area contributed by atoms with Gasteiger partial charge in [0.25, 0.3) is 0 Å². The van der Waals surface area contributed by atoms with Crippen molar-refractivity contribution in [2.45, 2.75) is 38.4 Å². The number of esters is 1. The van der Waals surface area contributed by atoms with Gasteiger partial charge in [0.05, 0.1) is 19.6 Å². The molecule has 1 saturated heterocycles. The molecule has 0 spiro atoms. The van der Waals surface area contributed by atoms with Crippen LogP contribution in [0, 0.1) is 12.8 Å². The molecule has 1 aliphatic heterocycles. The number of hydrogen-bond donors (Lipinski definition) is 1. The number of aryl methyl sites for hydroxylation is 1. The Kier molecular flexibility index (Phi) is 5.71. The van der Waals surface area contributed by atoms with Crippen molar-refractivity contribution in [3.8, 4) is 0 Å². The molecule has 0 aliphatic carbocycles. The molecule has 1 amide bonds. The molecule has 0 unspecified atom stereocenters. The molecule has 3 atom stereocenters. The summed E-state index contributed by atoms with van der Waals surface area (Å²) < 4.78 is 10.3. The molecule has 1 aromatic heterocycles. The number of ether oxygens (including phenoxy) is 1. The second kappa shape index (κ2) is 7.89. The van der Waals surface area contributed by atoms with Crippen LogP contribution in [0.5, 0.6) is 0 Å². The van der Waals surface area contributed by atoms with E-state index in [1.165, 1.54) is 7.11 Å². The quantitative estimate of drug-likeness (QED) is 0.760. The maximum atomic E-state index is 13.0. The van der Waals surface area contributed by atoms with Gasteiger partial charge in [0.2, 0.25) is 17.7 Å². The lowest BCUT2D eigenvalue weighted by molar-refractivity contribution is -0.152. The van der Waals surface area contributed by atoms with Crippen molar-refractivity contribution in [2.24, 2.45) is 5.92 Å². The van der Waals surface area contributed by atoms with Gasteiger partial charge >= 0.3 is 5.97 Å². The molecule has 2 heterocycles. The van der Waals surface area contributed by atoms with Crippen LogP contribution < -0.4 is 5.32 Å². The minimum atomic E-state index is -0.957. The molecule has 2 aromatic rings. The standard InChI is InChI=1S/C19H23ClN4O4/c1-11-22-23-15(28-11)10-21-17(25)13-9-19(2,18(26)27-4)24(3)16(13)12-7-5-6-8-14(12)20/h5-8,13,16H,9-10H2,1-4H3,(H,21,25)/t13-,16-,19-/m1/s1. The fraction of sp³-hybridized carbons (Fsp3) is 0.474. The Labute approximate surface area is 168 Å². The van der Waals surface area contributed by atoms with Crippen LogP contribution in [0.25, 0.3) is 0 Å².